The second-order valence-corrected chi connectivity index (χ2v) is 10.3. The van der Waals surface area contributed by atoms with Crippen molar-refractivity contribution in [1.29, 1.82) is 0 Å². The van der Waals surface area contributed by atoms with E-state index in [4.69, 9.17) is 18.5 Å². The largest absolute Gasteiger partial charge is 0.497 e. The normalized spacial score (nSPS) is 12.0. The summed E-state index contributed by atoms with van der Waals surface area (Å²) in [4.78, 5) is 0. The summed E-state index contributed by atoms with van der Waals surface area (Å²) in [5.41, 5.74) is 0.717. The Morgan fingerprint density at radius 2 is 1.40 bits per heavy atom. The third kappa shape index (κ3) is 7.16. The second kappa shape index (κ2) is 13.1. The van der Waals surface area contributed by atoms with Gasteiger partial charge in [0.25, 0.3) is 0 Å². The van der Waals surface area contributed by atoms with E-state index in [9.17, 15) is 4.57 Å². The molecule has 1 unspecified atom stereocenters. The Kier molecular flexibility index (Phi) is 9.86. The quantitative estimate of drug-likeness (QED) is 0.128. The van der Waals surface area contributed by atoms with Crippen molar-refractivity contribution in [3.8, 4) is 23.0 Å². The predicted molar refractivity (Wildman–Crippen MR) is 142 cm³/mol. The number of hydrogen-bond acceptors (Lipinski definition) is 5. The minimum absolute atomic E-state index is 0.461. The van der Waals surface area contributed by atoms with Crippen molar-refractivity contribution in [1.82, 2.24) is 0 Å². The van der Waals surface area contributed by atoms with Gasteiger partial charge in [0.05, 0.1) is 14.2 Å². The van der Waals surface area contributed by atoms with Gasteiger partial charge in [0.15, 0.2) is 0 Å². The fourth-order valence-electron chi connectivity index (χ4n) is 3.95. The van der Waals surface area contributed by atoms with Crippen molar-refractivity contribution in [2.24, 2.45) is 0 Å². The van der Waals surface area contributed by atoms with E-state index in [1.54, 1.807) is 44.6 Å². The first-order chi connectivity index (χ1) is 17.0. The lowest BCUT2D eigenvalue weighted by Gasteiger charge is -2.30. The minimum Gasteiger partial charge on any atom is -0.497 e. The number of hydrogen-bond donors (Lipinski definition) is 0. The molecule has 0 fully saturated rings. The molecule has 0 N–H and O–H groups in total. The molecule has 0 aliphatic heterocycles. The highest BCUT2D eigenvalue weighted by Crippen LogP contribution is 2.64. The van der Waals surface area contributed by atoms with E-state index in [0.29, 0.717) is 35.0 Å². The summed E-state index contributed by atoms with van der Waals surface area (Å²) < 4.78 is 38.3. The van der Waals surface area contributed by atoms with Crippen molar-refractivity contribution in [2.75, 3.05) is 14.2 Å². The predicted octanol–water partition coefficient (Wildman–Crippen LogP) is 8.62. The van der Waals surface area contributed by atoms with E-state index in [1.807, 2.05) is 48.5 Å². The third-order valence-corrected chi connectivity index (χ3v) is 7.95. The van der Waals surface area contributed by atoms with Crippen LogP contribution in [0.1, 0.15) is 50.3 Å². The lowest BCUT2D eigenvalue weighted by Crippen LogP contribution is -2.14. The van der Waals surface area contributed by atoms with Crippen LogP contribution in [0, 0.1) is 0 Å². The number of methoxy groups -OCH3 is 2. The maximum absolute atomic E-state index is 14.8. The Morgan fingerprint density at radius 1 is 0.800 bits per heavy atom. The monoisotopic (exact) mass is 494 g/mol. The number of rotatable bonds is 14. The minimum atomic E-state index is -3.89. The molecule has 5 nitrogen and oxygen atoms in total. The molecule has 0 spiro atoms. The number of benzene rings is 3. The average molecular weight is 495 g/mol. The molecule has 0 aromatic heterocycles. The average Bonchev–Trinajstić information content (AvgIpc) is 2.88. The van der Waals surface area contributed by atoms with Crippen molar-refractivity contribution >= 4 is 7.60 Å². The van der Waals surface area contributed by atoms with Crippen LogP contribution in [0.25, 0.3) is 0 Å². The summed E-state index contributed by atoms with van der Waals surface area (Å²) in [5, 5.41) is 0. The van der Waals surface area contributed by atoms with E-state index in [1.165, 1.54) is 0 Å². The highest BCUT2D eigenvalue weighted by Gasteiger charge is 2.43. The molecule has 3 aromatic carbocycles. The molecule has 6 heteroatoms. The van der Waals surface area contributed by atoms with E-state index < -0.39 is 13.3 Å². The summed E-state index contributed by atoms with van der Waals surface area (Å²) >= 11 is 0. The van der Waals surface area contributed by atoms with Crippen LogP contribution in [0.2, 0.25) is 0 Å². The van der Waals surface area contributed by atoms with Gasteiger partial charge < -0.3 is 18.5 Å². The SMILES string of the molecule is C=C(CCCCCC)C(c1ccc(OC)cc1OC)P(=O)(Oc1ccccc1)Oc1ccccc1. The van der Waals surface area contributed by atoms with E-state index >= 15 is 0 Å². The van der Waals surface area contributed by atoms with Crippen LogP contribution in [-0.2, 0) is 4.57 Å². The molecule has 186 valence electrons. The Bertz CT molecular complexity index is 1070. The Balaban J connectivity index is 2.11. The summed E-state index contributed by atoms with van der Waals surface area (Å²) in [5.74, 6) is 2.10. The molecule has 0 heterocycles. The van der Waals surface area contributed by atoms with Crippen molar-refractivity contribution in [2.45, 2.75) is 44.7 Å². The Labute approximate surface area is 209 Å². The molecule has 0 amide bonds. The first-order valence-electron chi connectivity index (χ1n) is 12.0. The molecule has 0 aliphatic rings. The van der Waals surface area contributed by atoms with Gasteiger partial charge in [-0.3, -0.25) is 0 Å². The zero-order valence-electron chi connectivity index (χ0n) is 20.8. The first kappa shape index (κ1) is 26.4. The third-order valence-electron chi connectivity index (χ3n) is 5.74. The molecule has 0 saturated carbocycles. The molecule has 0 saturated heterocycles. The number of ether oxygens (including phenoxy) is 2. The molecular formula is C29H35O5P. The molecular weight excluding hydrogens is 459 g/mol. The molecule has 3 aromatic rings. The van der Waals surface area contributed by atoms with Crippen LogP contribution in [0.4, 0.5) is 0 Å². The van der Waals surface area contributed by atoms with Gasteiger partial charge in [-0.05, 0) is 43.2 Å². The zero-order valence-corrected chi connectivity index (χ0v) is 21.7. The van der Waals surface area contributed by atoms with Crippen LogP contribution >= 0.6 is 7.60 Å². The molecule has 35 heavy (non-hydrogen) atoms. The van der Waals surface area contributed by atoms with Crippen LogP contribution < -0.4 is 18.5 Å². The Hall–Kier alpha value is -3.17. The lowest BCUT2D eigenvalue weighted by atomic mass is 9.99. The summed E-state index contributed by atoms with van der Waals surface area (Å²) in [6, 6.07) is 23.7. The highest BCUT2D eigenvalue weighted by molar-refractivity contribution is 7.55. The summed E-state index contributed by atoms with van der Waals surface area (Å²) in [7, 11) is -0.710. The van der Waals surface area contributed by atoms with Crippen LogP contribution in [0.15, 0.2) is 91.0 Å². The standard InChI is InChI=1S/C29H35O5P/c1-5-6-7-10-15-23(2)29(27-21-20-26(31-3)22-28(27)32-4)35(30,33-24-16-11-8-12-17-24)34-25-18-13-9-14-19-25/h8-9,11-14,16-22,29H,2,5-7,10,15H2,1,3-4H3. The smallest absolute Gasteiger partial charge is 0.442 e. The highest BCUT2D eigenvalue weighted by atomic mass is 31.2. The van der Waals surface area contributed by atoms with E-state index in [2.05, 4.69) is 13.5 Å². The number of allylic oxidation sites excluding steroid dienone is 1. The van der Waals surface area contributed by atoms with Gasteiger partial charge in [0, 0.05) is 11.6 Å². The molecule has 1 atom stereocenters. The van der Waals surface area contributed by atoms with Crippen LogP contribution in [0.5, 0.6) is 23.0 Å². The van der Waals surface area contributed by atoms with Gasteiger partial charge in [0.2, 0.25) is 0 Å². The Morgan fingerprint density at radius 3 is 1.91 bits per heavy atom. The van der Waals surface area contributed by atoms with Gasteiger partial charge in [-0.1, -0.05) is 80.8 Å². The van der Waals surface area contributed by atoms with Gasteiger partial charge in [-0.25, -0.2) is 4.57 Å². The number of para-hydroxylation sites is 2. The maximum Gasteiger partial charge on any atom is 0.442 e. The van der Waals surface area contributed by atoms with Crippen molar-refractivity contribution in [3.05, 3.63) is 96.6 Å². The second-order valence-electron chi connectivity index (χ2n) is 8.33. The molecule has 0 aliphatic carbocycles. The van der Waals surface area contributed by atoms with E-state index in [-0.39, 0.29) is 0 Å². The fraction of sp³-hybridized carbons (Fsp3) is 0.310. The van der Waals surface area contributed by atoms with E-state index in [0.717, 1.165) is 31.3 Å². The summed E-state index contributed by atoms with van der Waals surface area (Å²) in [6.45, 7) is 6.55. The molecule has 3 rings (SSSR count). The van der Waals surface area contributed by atoms with Crippen molar-refractivity contribution in [3.63, 3.8) is 0 Å². The zero-order chi connectivity index (χ0) is 25.1. The van der Waals surface area contributed by atoms with Gasteiger partial charge in [-0.2, -0.15) is 0 Å². The molecule has 0 radical (unpaired) electrons. The van der Waals surface area contributed by atoms with Crippen LogP contribution in [-0.4, -0.2) is 14.2 Å². The fourth-order valence-corrected chi connectivity index (χ4v) is 6.16. The maximum atomic E-state index is 14.8. The summed E-state index contributed by atoms with van der Waals surface area (Å²) in [6.07, 6.45) is 4.99. The van der Waals surface area contributed by atoms with Crippen LogP contribution in [0.3, 0.4) is 0 Å². The van der Waals surface area contributed by atoms with Gasteiger partial charge in [0.1, 0.15) is 28.7 Å². The molecule has 0 bridgehead atoms. The lowest BCUT2D eigenvalue weighted by molar-refractivity contribution is 0.369. The first-order valence-corrected chi connectivity index (χ1v) is 13.6. The van der Waals surface area contributed by atoms with Gasteiger partial charge in [-0.15, -0.1) is 0 Å². The van der Waals surface area contributed by atoms with Gasteiger partial charge >= 0.3 is 7.60 Å². The van der Waals surface area contributed by atoms with Crippen molar-refractivity contribution < 1.29 is 23.1 Å². The topological polar surface area (TPSA) is 54.0 Å². The number of unbranched alkanes of at least 4 members (excludes halogenated alkanes) is 3.